The molecule has 7 rings (SSSR count). The number of fused-ring (bicyclic) bond motifs is 2. The topological polar surface area (TPSA) is 278 Å². The minimum absolute atomic E-state index is 0.00335. The molecule has 3 aliphatic heterocycles. The number of nitrogens with two attached hydrogens (primary N) is 2. The maximum absolute atomic E-state index is 13.5. The number of rotatable bonds is 15. The molecule has 18 nitrogen and oxygen atoms in total. The van der Waals surface area contributed by atoms with Gasteiger partial charge in [-0.25, -0.2) is 0 Å². The van der Waals surface area contributed by atoms with Gasteiger partial charge in [0.15, 0.2) is 17.4 Å². The Morgan fingerprint density at radius 3 is 2.48 bits per heavy atom. The average molecular weight is 839 g/mol. The van der Waals surface area contributed by atoms with Crippen molar-refractivity contribution in [1.29, 1.82) is 0 Å². The predicted octanol–water partition coefficient (Wildman–Crippen LogP) is -0.439. The Labute approximate surface area is 349 Å². The number of allylic oxidation sites excluding steroid dienone is 1. The second kappa shape index (κ2) is 18.1. The van der Waals surface area contributed by atoms with Gasteiger partial charge in [-0.1, -0.05) is 29.3 Å². The van der Waals surface area contributed by atoms with Crippen molar-refractivity contribution in [3.63, 3.8) is 0 Å². The van der Waals surface area contributed by atoms with Crippen LogP contribution >= 0.6 is 0 Å². The first kappa shape index (κ1) is 42.7. The van der Waals surface area contributed by atoms with E-state index in [4.69, 9.17) is 34.9 Å². The summed E-state index contributed by atoms with van der Waals surface area (Å²) in [7, 11) is 1.45. The molecule has 0 bridgehead atoms. The molecule has 4 heterocycles. The third-order valence-electron chi connectivity index (χ3n) is 10.7. The summed E-state index contributed by atoms with van der Waals surface area (Å²) < 4.78 is 23.8. The van der Waals surface area contributed by atoms with Gasteiger partial charge in [0, 0.05) is 30.4 Å². The van der Waals surface area contributed by atoms with Crippen LogP contribution in [-0.2, 0) is 23.9 Å². The number of aliphatic imine (C=N–C) groups is 2. The first-order valence-corrected chi connectivity index (χ1v) is 19.4. The number of hydroxylamine groups is 2. The fourth-order valence-corrected chi connectivity index (χ4v) is 7.76. The molecule has 9 atom stereocenters. The van der Waals surface area contributed by atoms with Crippen molar-refractivity contribution in [2.24, 2.45) is 27.4 Å². The highest BCUT2D eigenvalue weighted by Crippen LogP contribution is 2.31. The van der Waals surface area contributed by atoms with Crippen molar-refractivity contribution < 1.29 is 58.5 Å². The third-order valence-corrected chi connectivity index (χ3v) is 10.7. The number of phenols is 1. The Hall–Kier alpha value is -6.41. The number of ether oxygens (including phenoxy) is 3. The van der Waals surface area contributed by atoms with Gasteiger partial charge in [-0.2, -0.15) is 9.90 Å². The van der Waals surface area contributed by atoms with Crippen LogP contribution in [0.4, 0.5) is 0 Å². The smallest absolute Gasteiger partial charge is 0.316 e. The highest BCUT2D eigenvalue weighted by molar-refractivity contribution is 6.08. The standard InChI is InChI=1S/C43H46N6O12/c1-21-14-22(2)16-25(15-21)35-34-24(10-12-47-34)18-49(35)61-39-38(53)37(52)32(20-58-41(56)33(40(54)55)30(46-3)11-13-48-43(44)45)60-42(39)59-27-8-9-28-31(17-27)57-19-29(36(28)51)23-4-6-26(50)7-5-23/h4-10,12,14-19,30,32-33,35,37-39,42,46,50,52-53H,11,13,20H2,1-3H3,(H,54,55)(H4,44,45,48). The Morgan fingerprint density at radius 2 is 1.79 bits per heavy atom. The Morgan fingerprint density at radius 1 is 1.05 bits per heavy atom. The number of aromatic hydroxyl groups is 1. The van der Waals surface area contributed by atoms with Crippen LogP contribution in [0.3, 0.4) is 0 Å². The minimum atomic E-state index is -1.81. The number of guanidine groups is 1. The maximum Gasteiger partial charge on any atom is 0.316 e. The van der Waals surface area contributed by atoms with E-state index in [1.54, 1.807) is 24.5 Å². The number of hydrogen-bond acceptors (Lipinski definition) is 15. The molecule has 1 aromatic heterocycles. The molecule has 61 heavy (non-hydrogen) atoms. The number of carboxylic acid groups (broad SMARTS) is 1. The zero-order valence-corrected chi connectivity index (χ0v) is 33.4. The molecule has 9 unspecified atom stereocenters. The van der Waals surface area contributed by atoms with E-state index in [0.717, 1.165) is 28.0 Å². The summed E-state index contributed by atoms with van der Waals surface area (Å²) >= 11 is 0. The lowest BCUT2D eigenvalue weighted by Gasteiger charge is -2.41. The van der Waals surface area contributed by atoms with Gasteiger partial charge in [-0.05, 0) is 75.4 Å². The molecule has 320 valence electrons. The van der Waals surface area contributed by atoms with E-state index in [2.05, 4.69) is 15.3 Å². The number of nitrogens with zero attached hydrogens (tertiary/aromatic N) is 2. The lowest BCUT2D eigenvalue weighted by Crippen LogP contribution is -3.07. The SMILES string of the molecule is CNC(CCN=C(N)N)C(C(=O)[O-])C(=O)OCC1OC(Oc2ccc3c(=O)c(-c4ccc(O)cc4)coc3c2)C(O[NH+]2C=C3C=CN=C3C2c2cc(C)cc(C)c2)C(O)C1O. The van der Waals surface area contributed by atoms with Crippen LogP contribution in [0.1, 0.15) is 29.2 Å². The number of esters is 1. The number of carbonyl (C=O) groups excluding carboxylic acids is 2. The molecular formula is C43H46N6O12. The zero-order valence-electron chi connectivity index (χ0n) is 33.4. The molecule has 3 aromatic carbocycles. The summed E-state index contributed by atoms with van der Waals surface area (Å²) in [5.74, 6) is -4.79. The predicted molar refractivity (Wildman–Crippen MR) is 218 cm³/mol. The van der Waals surface area contributed by atoms with Crippen molar-refractivity contribution in [2.75, 3.05) is 20.2 Å². The van der Waals surface area contributed by atoms with E-state index in [0.29, 0.717) is 10.6 Å². The number of benzene rings is 3. The molecule has 0 radical (unpaired) electrons. The maximum atomic E-state index is 13.5. The van der Waals surface area contributed by atoms with Gasteiger partial charge < -0.3 is 60.6 Å². The summed E-state index contributed by atoms with van der Waals surface area (Å²) in [6.07, 6.45) is -1.21. The van der Waals surface area contributed by atoms with E-state index in [9.17, 15) is 34.8 Å². The van der Waals surface area contributed by atoms with Crippen molar-refractivity contribution in [3.05, 3.63) is 118 Å². The number of quaternary nitrogens is 1. The van der Waals surface area contributed by atoms with Crippen molar-refractivity contribution in [2.45, 2.75) is 63.1 Å². The molecule has 18 heteroatoms. The van der Waals surface area contributed by atoms with Crippen LogP contribution < -0.4 is 37.1 Å². The summed E-state index contributed by atoms with van der Waals surface area (Å²) in [4.78, 5) is 54.0. The molecule has 0 aliphatic carbocycles. The normalized spacial score (nSPS) is 24.0. The quantitative estimate of drug-likeness (QED) is 0.0346. The third kappa shape index (κ3) is 9.19. The van der Waals surface area contributed by atoms with E-state index >= 15 is 0 Å². The largest absolute Gasteiger partial charge is 0.549 e. The van der Waals surface area contributed by atoms with E-state index in [1.165, 1.54) is 43.6 Å². The Bertz CT molecular complexity index is 2460. The van der Waals surface area contributed by atoms with Crippen molar-refractivity contribution in [1.82, 2.24) is 5.32 Å². The summed E-state index contributed by atoms with van der Waals surface area (Å²) in [5.41, 5.74) is 15.8. The zero-order chi connectivity index (χ0) is 43.5. The first-order chi connectivity index (χ1) is 29.2. The number of aliphatic hydroxyl groups excluding tert-OH is 2. The second-order valence-electron chi connectivity index (χ2n) is 15.0. The van der Waals surface area contributed by atoms with Gasteiger partial charge in [0.25, 0.3) is 0 Å². The van der Waals surface area contributed by atoms with E-state index < -0.39 is 67.3 Å². The highest BCUT2D eigenvalue weighted by atomic mass is 16.8. The number of aliphatic hydroxyl groups is 2. The molecule has 1 fully saturated rings. The van der Waals surface area contributed by atoms with E-state index in [-0.39, 0.29) is 52.4 Å². The van der Waals surface area contributed by atoms with Crippen LogP contribution in [0.2, 0.25) is 0 Å². The Balaban J connectivity index is 1.17. The number of carboxylic acids is 1. The van der Waals surface area contributed by atoms with Gasteiger partial charge in [0.2, 0.25) is 12.4 Å². The fourth-order valence-electron chi connectivity index (χ4n) is 7.76. The molecule has 0 amide bonds. The summed E-state index contributed by atoms with van der Waals surface area (Å²) in [5, 5.41) is 48.5. The van der Waals surface area contributed by atoms with Crippen LogP contribution in [0, 0.1) is 19.8 Å². The van der Waals surface area contributed by atoms with Gasteiger partial charge in [0.05, 0.1) is 22.5 Å². The number of carbonyl (C=O) groups is 2. The number of aryl methyl sites for hydroxylation is 2. The summed E-state index contributed by atoms with van der Waals surface area (Å²) in [6.45, 7) is 3.24. The average Bonchev–Trinajstić information content (AvgIpc) is 3.81. The van der Waals surface area contributed by atoms with Crippen molar-refractivity contribution in [3.8, 4) is 22.6 Å². The van der Waals surface area contributed by atoms with Gasteiger partial charge >= 0.3 is 5.97 Å². The lowest BCUT2D eigenvalue weighted by atomic mass is 9.96. The molecule has 9 N–H and O–H groups in total. The van der Waals surface area contributed by atoms with Gasteiger partial charge in [0.1, 0.15) is 66.1 Å². The number of aliphatic carboxylic acids is 1. The number of phenolic OH excluding ortho intramolecular Hbond substituents is 1. The molecular weight excluding hydrogens is 793 g/mol. The van der Waals surface area contributed by atoms with Crippen molar-refractivity contribution >= 4 is 34.6 Å². The van der Waals surface area contributed by atoms with Crippen LogP contribution in [0.5, 0.6) is 11.5 Å². The first-order valence-electron chi connectivity index (χ1n) is 19.4. The number of hydrogen-bond donors (Lipinski definition) is 7. The van der Waals surface area contributed by atoms with Gasteiger partial charge in [-0.3, -0.25) is 19.6 Å². The lowest BCUT2D eigenvalue weighted by molar-refractivity contribution is -1.07. The molecule has 0 saturated carbocycles. The monoisotopic (exact) mass is 838 g/mol. The van der Waals surface area contributed by atoms with Crippen LogP contribution in [0.15, 0.2) is 110 Å². The Kier molecular flexibility index (Phi) is 12.6. The van der Waals surface area contributed by atoms with E-state index in [1.807, 2.05) is 38.1 Å². The molecule has 1 saturated heterocycles. The van der Waals surface area contributed by atoms with Crippen LogP contribution in [-0.4, -0.2) is 95.9 Å². The second-order valence-corrected chi connectivity index (χ2v) is 15.0. The van der Waals surface area contributed by atoms with Crippen LogP contribution in [0.25, 0.3) is 22.1 Å². The number of nitrogens with one attached hydrogen (secondary N) is 2. The minimum Gasteiger partial charge on any atom is -0.549 e. The molecule has 4 aromatic rings. The fraction of sp³-hybridized carbons (Fsp3) is 0.326. The molecule has 3 aliphatic rings. The highest BCUT2D eigenvalue weighted by Gasteiger charge is 2.52. The molecule has 0 spiro atoms. The summed E-state index contributed by atoms with van der Waals surface area (Å²) in [6, 6.07) is 15.1. The van der Waals surface area contributed by atoms with Gasteiger partial charge in [-0.15, -0.1) is 0 Å².